The summed E-state index contributed by atoms with van der Waals surface area (Å²) in [5.41, 5.74) is 6.29. The van der Waals surface area contributed by atoms with Gasteiger partial charge in [-0.1, -0.05) is 19.1 Å². The zero-order chi connectivity index (χ0) is 14.5. The third-order valence-electron chi connectivity index (χ3n) is 3.82. The summed E-state index contributed by atoms with van der Waals surface area (Å²) in [6, 6.07) is 3.77. The number of rotatable bonds is 5. The molecule has 112 valence electrons. The van der Waals surface area contributed by atoms with Crippen LogP contribution in [0.5, 0.6) is 0 Å². The van der Waals surface area contributed by atoms with Crippen LogP contribution < -0.4 is 5.73 Å². The smallest absolute Gasteiger partial charge is 0.163 e. The molecule has 0 radical (unpaired) electrons. The first-order valence-electron chi connectivity index (χ1n) is 7.15. The second-order valence-corrected chi connectivity index (χ2v) is 6.65. The first-order chi connectivity index (χ1) is 9.61. The highest BCUT2D eigenvalue weighted by atomic mass is 32.2. The standard InChI is InChI=1S/C15H22F2N2S/c1-2-11-10-19(8-9-20-11)7-6-14(18)12-4-3-5-13(16)15(12)17/h3-5,11,14H,2,6-10,18H2,1H3. The summed E-state index contributed by atoms with van der Waals surface area (Å²) in [4.78, 5) is 2.38. The fraction of sp³-hybridized carbons (Fsp3) is 0.600. The molecule has 0 aromatic heterocycles. The van der Waals surface area contributed by atoms with E-state index in [1.807, 2.05) is 11.8 Å². The van der Waals surface area contributed by atoms with Crippen LogP contribution in [0.15, 0.2) is 18.2 Å². The molecule has 1 aromatic rings. The van der Waals surface area contributed by atoms with Crippen LogP contribution in [0.4, 0.5) is 8.78 Å². The van der Waals surface area contributed by atoms with Crippen LogP contribution in [-0.2, 0) is 0 Å². The number of nitrogens with two attached hydrogens (primary N) is 1. The molecule has 0 saturated carbocycles. The third kappa shape index (κ3) is 3.93. The average Bonchev–Trinajstić information content (AvgIpc) is 2.48. The minimum atomic E-state index is -0.821. The average molecular weight is 300 g/mol. The second kappa shape index (κ2) is 7.38. The van der Waals surface area contributed by atoms with Crippen LogP contribution in [0.1, 0.15) is 31.4 Å². The van der Waals surface area contributed by atoms with Crippen molar-refractivity contribution in [3.8, 4) is 0 Å². The summed E-state index contributed by atoms with van der Waals surface area (Å²) in [5, 5.41) is 0.686. The Kier molecular flexibility index (Phi) is 5.81. The fourth-order valence-electron chi connectivity index (χ4n) is 2.51. The summed E-state index contributed by atoms with van der Waals surface area (Å²) < 4.78 is 26.9. The summed E-state index contributed by atoms with van der Waals surface area (Å²) in [5.74, 6) is -0.485. The highest BCUT2D eigenvalue weighted by molar-refractivity contribution is 8.00. The van der Waals surface area contributed by atoms with Crippen LogP contribution in [0, 0.1) is 11.6 Å². The Bertz CT molecular complexity index is 442. The van der Waals surface area contributed by atoms with Crippen LogP contribution in [0.2, 0.25) is 0 Å². The number of halogens is 2. The van der Waals surface area contributed by atoms with E-state index in [4.69, 9.17) is 5.73 Å². The van der Waals surface area contributed by atoms with Gasteiger partial charge in [0.1, 0.15) is 0 Å². The molecule has 1 aromatic carbocycles. The van der Waals surface area contributed by atoms with E-state index < -0.39 is 17.7 Å². The molecule has 20 heavy (non-hydrogen) atoms. The number of hydrogen-bond donors (Lipinski definition) is 1. The largest absolute Gasteiger partial charge is 0.324 e. The van der Waals surface area contributed by atoms with Crippen molar-refractivity contribution in [1.82, 2.24) is 4.90 Å². The van der Waals surface area contributed by atoms with Gasteiger partial charge in [-0.3, -0.25) is 0 Å². The summed E-state index contributed by atoms with van der Waals surface area (Å²) in [6.45, 7) is 5.17. The zero-order valence-corrected chi connectivity index (χ0v) is 12.6. The Labute approximate surface area is 123 Å². The van der Waals surface area contributed by atoms with Crippen molar-refractivity contribution in [3.63, 3.8) is 0 Å². The normalized spacial score (nSPS) is 21.9. The minimum Gasteiger partial charge on any atom is -0.324 e. The van der Waals surface area contributed by atoms with Crippen molar-refractivity contribution >= 4 is 11.8 Å². The predicted molar refractivity (Wildman–Crippen MR) is 80.9 cm³/mol. The van der Waals surface area contributed by atoms with Crippen LogP contribution in [0.3, 0.4) is 0 Å². The lowest BCUT2D eigenvalue weighted by atomic mass is 10.0. The van der Waals surface area contributed by atoms with E-state index in [2.05, 4.69) is 11.8 Å². The topological polar surface area (TPSA) is 29.3 Å². The van der Waals surface area contributed by atoms with Crippen molar-refractivity contribution in [2.45, 2.75) is 31.1 Å². The van der Waals surface area contributed by atoms with Crippen molar-refractivity contribution in [1.29, 1.82) is 0 Å². The first-order valence-corrected chi connectivity index (χ1v) is 8.20. The molecule has 5 heteroatoms. The van der Waals surface area contributed by atoms with Gasteiger partial charge in [0.25, 0.3) is 0 Å². The molecule has 1 heterocycles. The lowest BCUT2D eigenvalue weighted by molar-refractivity contribution is 0.269. The van der Waals surface area contributed by atoms with Crippen LogP contribution >= 0.6 is 11.8 Å². The first kappa shape index (κ1) is 15.7. The van der Waals surface area contributed by atoms with Crippen LogP contribution in [0.25, 0.3) is 0 Å². The lowest BCUT2D eigenvalue weighted by Crippen LogP contribution is -2.39. The van der Waals surface area contributed by atoms with Gasteiger partial charge in [-0.15, -0.1) is 0 Å². The monoisotopic (exact) mass is 300 g/mol. The molecular formula is C15H22F2N2S. The van der Waals surface area contributed by atoms with Gasteiger partial charge in [0.05, 0.1) is 0 Å². The molecular weight excluding hydrogens is 278 g/mol. The molecule has 2 nitrogen and oxygen atoms in total. The van der Waals surface area contributed by atoms with E-state index in [1.54, 1.807) is 6.07 Å². The number of nitrogens with zero attached hydrogens (tertiary/aromatic N) is 1. The molecule has 2 atom stereocenters. The molecule has 1 saturated heterocycles. The zero-order valence-electron chi connectivity index (χ0n) is 11.8. The van der Waals surface area contributed by atoms with Crippen molar-refractivity contribution in [2.24, 2.45) is 5.73 Å². The van der Waals surface area contributed by atoms with E-state index in [0.717, 1.165) is 31.5 Å². The van der Waals surface area contributed by atoms with Crippen molar-refractivity contribution in [2.75, 3.05) is 25.4 Å². The molecule has 0 bridgehead atoms. The Morgan fingerprint density at radius 2 is 2.25 bits per heavy atom. The highest BCUT2D eigenvalue weighted by Crippen LogP contribution is 2.23. The second-order valence-electron chi connectivity index (χ2n) is 5.24. The maximum atomic E-state index is 13.7. The molecule has 0 aliphatic carbocycles. The predicted octanol–water partition coefficient (Wildman–Crippen LogP) is 3.18. The van der Waals surface area contributed by atoms with Crippen molar-refractivity contribution < 1.29 is 8.78 Å². The van der Waals surface area contributed by atoms with E-state index in [9.17, 15) is 8.78 Å². The number of thioether (sulfide) groups is 1. The molecule has 1 fully saturated rings. The molecule has 2 rings (SSSR count). The molecule has 0 amide bonds. The Hall–Kier alpha value is -0.650. The van der Waals surface area contributed by atoms with Gasteiger partial charge in [-0.05, 0) is 18.9 Å². The molecule has 1 aliphatic rings. The number of hydrogen-bond acceptors (Lipinski definition) is 3. The highest BCUT2D eigenvalue weighted by Gasteiger charge is 2.20. The van der Waals surface area contributed by atoms with Gasteiger partial charge >= 0.3 is 0 Å². The SMILES string of the molecule is CCC1CN(CCC(N)c2cccc(F)c2F)CCS1. The summed E-state index contributed by atoms with van der Waals surface area (Å²) in [6.07, 6.45) is 1.83. The molecule has 2 unspecified atom stereocenters. The third-order valence-corrected chi connectivity index (χ3v) is 5.19. The molecule has 1 aliphatic heterocycles. The van der Waals surface area contributed by atoms with Crippen molar-refractivity contribution in [3.05, 3.63) is 35.4 Å². The fourth-order valence-corrected chi connectivity index (χ4v) is 3.76. The van der Waals surface area contributed by atoms with Gasteiger partial charge in [-0.25, -0.2) is 8.78 Å². The molecule has 0 spiro atoms. The summed E-state index contributed by atoms with van der Waals surface area (Å²) in [7, 11) is 0. The Morgan fingerprint density at radius 1 is 1.45 bits per heavy atom. The van der Waals surface area contributed by atoms with E-state index >= 15 is 0 Å². The van der Waals surface area contributed by atoms with Gasteiger partial charge in [-0.2, -0.15) is 11.8 Å². The maximum Gasteiger partial charge on any atom is 0.163 e. The number of benzene rings is 1. The van der Waals surface area contributed by atoms with Gasteiger partial charge in [0, 0.05) is 42.2 Å². The Morgan fingerprint density at radius 3 is 3.00 bits per heavy atom. The minimum absolute atomic E-state index is 0.281. The lowest BCUT2D eigenvalue weighted by Gasteiger charge is -2.32. The van der Waals surface area contributed by atoms with Gasteiger partial charge in [0.15, 0.2) is 11.6 Å². The van der Waals surface area contributed by atoms with Crippen LogP contribution in [-0.4, -0.2) is 35.5 Å². The summed E-state index contributed by atoms with van der Waals surface area (Å²) >= 11 is 2.02. The van der Waals surface area contributed by atoms with Gasteiger partial charge in [0.2, 0.25) is 0 Å². The Balaban J connectivity index is 1.88. The van der Waals surface area contributed by atoms with E-state index in [-0.39, 0.29) is 5.56 Å². The van der Waals surface area contributed by atoms with E-state index in [1.165, 1.54) is 12.5 Å². The maximum absolute atomic E-state index is 13.7. The van der Waals surface area contributed by atoms with Gasteiger partial charge < -0.3 is 10.6 Å². The quantitative estimate of drug-likeness (QED) is 0.905. The molecule has 2 N–H and O–H groups in total. The van der Waals surface area contributed by atoms with E-state index in [0.29, 0.717) is 11.7 Å².